The number of carbonyl (C=O) groups excluding carboxylic acids is 1. The average Bonchev–Trinajstić information content (AvgIpc) is 2.79. The average molecular weight is 270 g/mol. The number of hydrogen-bond donors (Lipinski definition) is 1. The number of pyridine rings is 1. The van der Waals surface area contributed by atoms with E-state index in [4.69, 9.17) is 0 Å². The molecule has 96 valence electrons. The molecule has 2 heterocycles. The Morgan fingerprint density at radius 1 is 1.32 bits per heavy atom. The van der Waals surface area contributed by atoms with Crippen molar-refractivity contribution in [2.45, 2.75) is 17.9 Å². The van der Waals surface area contributed by atoms with Crippen LogP contribution in [0.2, 0.25) is 0 Å². The second-order valence-corrected chi connectivity index (χ2v) is 5.65. The summed E-state index contributed by atoms with van der Waals surface area (Å²) >= 11 is 1.71. The fraction of sp³-hybridized carbons (Fsp3) is 0.200. The maximum atomic E-state index is 12.2. The van der Waals surface area contributed by atoms with Gasteiger partial charge >= 0.3 is 0 Å². The van der Waals surface area contributed by atoms with Gasteiger partial charge in [0.15, 0.2) is 0 Å². The Kier molecular flexibility index (Phi) is 3.25. The van der Waals surface area contributed by atoms with Gasteiger partial charge in [0, 0.05) is 17.3 Å². The predicted molar refractivity (Wildman–Crippen MR) is 76.4 cm³/mol. The molecule has 1 aliphatic rings. The fourth-order valence-corrected chi connectivity index (χ4v) is 3.24. The molecular formula is C15H14N2OS. The molecule has 1 atom stereocenters. The molecule has 0 fully saturated rings. The van der Waals surface area contributed by atoms with E-state index in [1.165, 1.54) is 0 Å². The van der Waals surface area contributed by atoms with Crippen LogP contribution in [0.3, 0.4) is 0 Å². The number of fused-ring (bicyclic) bond motifs is 1. The van der Waals surface area contributed by atoms with E-state index < -0.39 is 0 Å². The Morgan fingerprint density at radius 2 is 2.21 bits per heavy atom. The monoisotopic (exact) mass is 270 g/mol. The van der Waals surface area contributed by atoms with Gasteiger partial charge in [-0.3, -0.25) is 9.78 Å². The zero-order chi connectivity index (χ0) is 13.2. The number of hydrogen-bond acceptors (Lipinski definition) is 3. The Morgan fingerprint density at radius 3 is 2.95 bits per heavy atom. The normalized spacial score (nSPS) is 17.1. The molecule has 0 saturated heterocycles. The van der Waals surface area contributed by atoms with Gasteiger partial charge < -0.3 is 5.32 Å². The summed E-state index contributed by atoms with van der Waals surface area (Å²) in [6.45, 7) is 2.09. The first-order chi connectivity index (χ1) is 9.31. The molecule has 4 heteroatoms. The number of thioether (sulfide) groups is 1. The SMILES string of the molecule is CCSc1cccc2c1C(=O)NC2c1cccnc1. The van der Waals surface area contributed by atoms with Gasteiger partial charge in [-0.1, -0.05) is 25.1 Å². The van der Waals surface area contributed by atoms with Crippen LogP contribution in [0.4, 0.5) is 0 Å². The molecule has 0 aliphatic carbocycles. The van der Waals surface area contributed by atoms with E-state index in [-0.39, 0.29) is 11.9 Å². The molecule has 0 saturated carbocycles. The zero-order valence-corrected chi connectivity index (χ0v) is 11.4. The van der Waals surface area contributed by atoms with Crippen LogP contribution in [0.15, 0.2) is 47.6 Å². The third-order valence-electron chi connectivity index (χ3n) is 3.19. The molecular weight excluding hydrogens is 256 g/mol. The summed E-state index contributed by atoms with van der Waals surface area (Å²) in [7, 11) is 0. The van der Waals surface area contributed by atoms with Crippen LogP contribution >= 0.6 is 11.8 Å². The zero-order valence-electron chi connectivity index (χ0n) is 10.6. The van der Waals surface area contributed by atoms with Gasteiger partial charge in [0.25, 0.3) is 5.91 Å². The molecule has 2 aromatic rings. The van der Waals surface area contributed by atoms with E-state index in [9.17, 15) is 4.79 Å². The van der Waals surface area contributed by atoms with Crippen LogP contribution in [0.5, 0.6) is 0 Å². The summed E-state index contributed by atoms with van der Waals surface area (Å²) in [6.07, 6.45) is 3.55. The van der Waals surface area contributed by atoms with Gasteiger partial charge in [-0.15, -0.1) is 11.8 Å². The van der Waals surface area contributed by atoms with Gasteiger partial charge in [-0.25, -0.2) is 0 Å². The van der Waals surface area contributed by atoms with Crippen molar-refractivity contribution in [3.63, 3.8) is 0 Å². The van der Waals surface area contributed by atoms with Crippen molar-refractivity contribution < 1.29 is 4.79 Å². The Hall–Kier alpha value is -1.81. The first-order valence-corrected chi connectivity index (χ1v) is 7.26. The molecule has 0 radical (unpaired) electrons. The maximum absolute atomic E-state index is 12.2. The molecule has 1 aromatic heterocycles. The first kappa shape index (κ1) is 12.2. The van der Waals surface area contributed by atoms with Crippen LogP contribution in [-0.2, 0) is 0 Å². The first-order valence-electron chi connectivity index (χ1n) is 6.27. The van der Waals surface area contributed by atoms with Gasteiger partial charge in [0.1, 0.15) is 0 Å². The highest BCUT2D eigenvalue weighted by molar-refractivity contribution is 7.99. The van der Waals surface area contributed by atoms with Crippen LogP contribution in [-0.4, -0.2) is 16.6 Å². The summed E-state index contributed by atoms with van der Waals surface area (Å²) in [6, 6.07) is 9.86. The van der Waals surface area contributed by atoms with Gasteiger partial charge in [0.2, 0.25) is 0 Å². The van der Waals surface area contributed by atoms with Crippen LogP contribution in [0, 0.1) is 0 Å². The van der Waals surface area contributed by atoms with E-state index in [2.05, 4.69) is 17.2 Å². The number of nitrogens with one attached hydrogen (secondary N) is 1. The highest BCUT2D eigenvalue weighted by atomic mass is 32.2. The highest BCUT2D eigenvalue weighted by Gasteiger charge is 2.31. The van der Waals surface area contributed by atoms with Crippen LogP contribution in [0.1, 0.15) is 34.5 Å². The van der Waals surface area contributed by atoms with Crippen molar-refractivity contribution in [2.24, 2.45) is 0 Å². The maximum Gasteiger partial charge on any atom is 0.253 e. The molecule has 1 N–H and O–H groups in total. The van der Waals surface area contributed by atoms with Crippen molar-refractivity contribution in [1.82, 2.24) is 10.3 Å². The van der Waals surface area contributed by atoms with Gasteiger partial charge in [-0.05, 0) is 29.0 Å². The molecule has 1 unspecified atom stereocenters. The van der Waals surface area contributed by atoms with Crippen molar-refractivity contribution in [3.8, 4) is 0 Å². The van der Waals surface area contributed by atoms with Crippen molar-refractivity contribution in [2.75, 3.05) is 5.75 Å². The summed E-state index contributed by atoms with van der Waals surface area (Å²) < 4.78 is 0. The van der Waals surface area contributed by atoms with E-state index in [1.54, 1.807) is 24.2 Å². The van der Waals surface area contributed by atoms with Crippen molar-refractivity contribution >= 4 is 17.7 Å². The second-order valence-electron chi connectivity index (χ2n) is 4.35. The highest BCUT2D eigenvalue weighted by Crippen LogP contribution is 2.36. The molecule has 19 heavy (non-hydrogen) atoms. The molecule has 3 rings (SSSR count). The van der Waals surface area contributed by atoms with Gasteiger partial charge in [0.05, 0.1) is 11.6 Å². The molecule has 3 nitrogen and oxygen atoms in total. The summed E-state index contributed by atoms with van der Waals surface area (Å²) in [5, 5.41) is 3.04. The van der Waals surface area contributed by atoms with Crippen LogP contribution < -0.4 is 5.32 Å². The number of carbonyl (C=O) groups is 1. The topological polar surface area (TPSA) is 42.0 Å². The van der Waals surface area contributed by atoms with Crippen molar-refractivity contribution in [3.05, 3.63) is 59.4 Å². The second kappa shape index (κ2) is 5.05. The number of rotatable bonds is 3. The predicted octanol–water partition coefficient (Wildman–Crippen LogP) is 3.03. The molecule has 0 spiro atoms. The summed E-state index contributed by atoms with van der Waals surface area (Å²) in [4.78, 5) is 17.4. The lowest BCUT2D eigenvalue weighted by Crippen LogP contribution is -2.20. The van der Waals surface area contributed by atoms with E-state index in [0.29, 0.717) is 0 Å². The lowest BCUT2D eigenvalue weighted by molar-refractivity contribution is 0.0958. The summed E-state index contributed by atoms with van der Waals surface area (Å²) in [5.41, 5.74) is 2.90. The Balaban J connectivity index is 2.08. The largest absolute Gasteiger partial charge is 0.341 e. The number of amides is 1. The third-order valence-corrected chi connectivity index (χ3v) is 4.13. The smallest absolute Gasteiger partial charge is 0.253 e. The lowest BCUT2D eigenvalue weighted by Gasteiger charge is -2.11. The molecule has 0 bridgehead atoms. The minimum absolute atomic E-state index is 0.0143. The lowest BCUT2D eigenvalue weighted by atomic mass is 10.00. The van der Waals surface area contributed by atoms with Crippen molar-refractivity contribution in [1.29, 1.82) is 0 Å². The molecule has 1 aliphatic heterocycles. The Bertz CT molecular complexity index is 613. The number of aromatic nitrogens is 1. The summed E-state index contributed by atoms with van der Waals surface area (Å²) in [5.74, 6) is 0.974. The fourth-order valence-electron chi connectivity index (χ4n) is 2.40. The van der Waals surface area contributed by atoms with E-state index >= 15 is 0 Å². The molecule has 1 aromatic carbocycles. The number of benzene rings is 1. The quantitative estimate of drug-likeness (QED) is 0.872. The minimum Gasteiger partial charge on any atom is -0.341 e. The number of nitrogens with zero attached hydrogens (tertiary/aromatic N) is 1. The minimum atomic E-state index is -0.0754. The Labute approximate surface area is 116 Å². The van der Waals surface area contributed by atoms with E-state index in [0.717, 1.165) is 27.3 Å². The van der Waals surface area contributed by atoms with Crippen LogP contribution in [0.25, 0.3) is 0 Å². The van der Waals surface area contributed by atoms with E-state index in [1.807, 2.05) is 30.3 Å². The van der Waals surface area contributed by atoms with Gasteiger partial charge in [-0.2, -0.15) is 0 Å². The molecule has 1 amide bonds. The third kappa shape index (κ3) is 2.12. The standard InChI is InChI=1S/C15H14N2OS/c1-2-19-12-7-3-6-11-13(12)15(18)17-14(11)10-5-4-8-16-9-10/h3-9,14H,2H2,1H3,(H,17,18).